The Labute approximate surface area is 176 Å². The van der Waals surface area contributed by atoms with Crippen molar-refractivity contribution in [2.24, 2.45) is 0 Å². The molecular formula is C24H27F2N3O. The third-order valence-electron chi connectivity index (χ3n) is 5.12. The van der Waals surface area contributed by atoms with E-state index in [-0.39, 0.29) is 11.7 Å². The van der Waals surface area contributed by atoms with Crippen LogP contribution in [0.15, 0.2) is 60.8 Å². The number of hydrogen-bond donors (Lipinski definition) is 1. The first-order valence-electron chi connectivity index (χ1n) is 10.2. The predicted octanol–water partition coefficient (Wildman–Crippen LogP) is 5.96. The molecule has 0 spiro atoms. The fourth-order valence-corrected chi connectivity index (χ4v) is 3.29. The third-order valence-corrected chi connectivity index (χ3v) is 5.12. The van der Waals surface area contributed by atoms with E-state index in [0.717, 1.165) is 37.2 Å². The highest BCUT2D eigenvalue weighted by molar-refractivity contribution is 5.89. The smallest absolute Gasteiger partial charge is 0.322 e. The number of anilines is 1. The van der Waals surface area contributed by atoms with Crippen molar-refractivity contribution < 1.29 is 13.6 Å². The van der Waals surface area contributed by atoms with Gasteiger partial charge in [-0.05, 0) is 48.7 Å². The zero-order valence-corrected chi connectivity index (χ0v) is 17.4. The minimum atomic E-state index is -0.986. The van der Waals surface area contributed by atoms with Crippen LogP contribution in [0, 0.1) is 18.6 Å². The fourth-order valence-electron chi connectivity index (χ4n) is 3.29. The molecule has 0 unspecified atom stereocenters. The molecule has 2 aromatic carbocycles. The summed E-state index contributed by atoms with van der Waals surface area (Å²) in [6.07, 6.45) is 3.80. The lowest BCUT2D eigenvalue weighted by Crippen LogP contribution is -2.36. The molecule has 0 radical (unpaired) electrons. The first-order valence-corrected chi connectivity index (χ1v) is 10.2. The quantitative estimate of drug-likeness (QED) is 0.488. The van der Waals surface area contributed by atoms with Crippen LogP contribution in [0.3, 0.4) is 0 Å². The summed E-state index contributed by atoms with van der Waals surface area (Å²) >= 11 is 0. The summed E-state index contributed by atoms with van der Waals surface area (Å²) in [5.41, 5.74) is 3.68. The number of benzene rings is 2. The van der Waals surface area contributed by atoms with Gasteiger partial charge in [0.2, 0.25) is 0 Å². The van der Waals surface area contributed by atoms with Gasteiger partial charge in [0.05, 0.1) is 6.54 Å². The second kappa shape index (κ2) is 10.1. The highest BCUT2D eigenvalue weighted by atomic mass is 19.2. The number of hydrogen-bond acceptors (Lipinski definition) is 1. The zero-order chi connectivity index (χ0) is 21.5. The number of carbonyl (C=O) groups is 1. The van der Waals surface area contributed by atoms with Gasteiger partial charge < -0.3 is 14.8 Å². The molecule has 1 N–H and O–H groups in total. The summed E-state index contributed by atoms with van der Waals surface area (Å²) in [6.45, 7) is 5.87. The number of aryl methyl sites for hydroxylation is 1. The molecule has 3 aromatic rings. The van der Waals surface area contributed by atoms with Gasteiger partial charge in [-0.2, -0.15) is 0 Å². The number of rotatable bonds is 8. The van der Waals surface area contributed by atoms with Crippen LogP contribution in [0.5, 0.6) is 0 Å². The van der Waals surface area contributed by atoms with Crippen molar-refractivity contribution in [1.82, 2.24) is 9.47 Å². The molecule has 6 heteroatoms. The third kappa shape index (κ3) is 5.47. The van der Waals surface area contributed by atoms with Crippen molar-refractivity contribution >= 4 is 11.7 Å². The summed E-state index contributed by atoms with van der Waals surface area (Å²) in [5.74, 6) is -1.93. The molecule has 0 fully saturated rings. The van der Waals surface area contributed by atoms with Crippen molar-refractivity contribution in [1.29, 1.82) is 0 Å². The predicted molar refractivity (Wildman–Crippen MR) is 115 cm³/mol. The van der Waals surface area contributed by atoms with Gasteiger partial charge in [0.25, 0.3) is 0 Å². The molecule has 0 saturated heterocycles. The van der Waals surface area contributed by atoms with Gasteiger partial charge >= 0.3 is 6.03 Å². The lowest BCUT2D eigenvalue weighted by atomic mass is 10.1. The van der Waals surface area contributed by atoms with Crippen LogP contribution in [0.25, 0.3) is 0 Å². The van der Waals surface area contributed by atoms with Crippen LogP contribution < -0.4 is 5.32 Å². The Morgan fingerprint density at radius 1 is 1.07 bits per heavy atom. The topological polar surface area (TPSA) is 37.3 Å². The zero-order valence-electron chi connectivity index (χ0n) is 17.4. The molecule has 0 bridgehead atoms. The molecule has 0 saturated carbocycles. The summed E-state index contributed by atoms with van der Waals surface area (Å²) in [5, 5.41) is 2.68. The number of amides is 2. The van der Waals surface area contributed by atoms with Gasteiger partial charge in [-0.1, -0.05) is 37.6 Å². The highest BCUT2D eigenvalue weighted by Crippen LogP contribution is 2.17. The Kier molecular flexibility index (Phi) is 7.22. The van der Waals surface area contributed by atoms with Crippen molar-refractivity contribution in [2.75, 3.05) is 11.9 Å². The molecule has 4 nitrogen and oxygen atoms in total. The molecular weight excluding hydrogens is 384 g/mol. The van der Waals surface area contributed by atoms with Crippen LogP contribution in [-0.4, -0.2) is 22.0 Å². The van der Waals surface area contributed by atoms with Crippen LogP contribution in [-0.2, 0) is 13.1 Å². The van der Waals surface area contributed by atoms with Gasteiger partial charge in [-0.15, -0.1) is 0 Å². The van der Waals surface area contributed by atoms with Gasteiger partial charge in [0.1, 0.15) is 0 Å². The lowest BCUT2D eigenvalue weighted by molar-refractivity contribution is 0.207. The van der Waals surface area contributed by atoms with Crippen molar-refractivity contribution in [3.8, 4) is 0 Å². The molecule has 2 amide bonds. The second-order valence-corrected chi connectivity index (χ2v) is 7.39. The first kappa shape index (κ1) is 21.6. The Morgan fingerprint density at radius 3 is 2.60 bits per heavy atom. The van der Waals surface area contributed by atoms with Crippen molar-refractivity contribution in [3.05, 3.63) is 89.2 Å². The van der Waals surface area contributed by atoms with Gasteiger partial charge in [0.15, 0.2) is 11.6 Å². The SMILES string of the molecule is CCCCN(Cc1cccn1Cc1ccccc1C)C(=O)Nc1ccc(F)c(F)c1. The Morgan fingerprint density at radius 2 is 1.87 bits per heavy atom. The molecule has 3 rings (SSSR count). The molecule has 30 heavy (non-hydrogen) atoms. The standard InChI is InChI=1S/C24H27F2N3O/c1-3-4-13-29(24(30)27-20-11-12-22(25)23(26)15-20)17-21-10-7-14-28(21)16-19-9-6-5-8-18(19)2/h5-12,14-15H,3-4,13,16-17H2,1-2H3,(H,27,30). The fraction of sp³-hybridized carbons (Fsp3) is 0.292. The monoisotopic (exact) mass is 411 g/mol. The molecule has 0 atom stereocenters. The minimum Gasteiger partial charge on any atom is -0.345 e. The van der Waals surface area contributed by atoms with Gasteiger partial charge in [-0.3, -0.25) is 0 Å². The maximum absolute atomic E-state index is 13.5. The summed E-state index contributed by atoms with van der Waals surface area (Å²) in [6, 6.07) is 15.2. The lowest BCUT2D eigenvalue weighted by Gasteiger charge is -2.24. The second-order valence-electron chi connectivity index (χ2n) is 7.39. The van der Waals surface area contributed by atoms with E-state index in [9.17, 15) is 13.6 Å². The average Bonchev–Trinajstić information content (AvgIpc) is 3.16. The van der Waals surface area contributed by atoms with E-state index in [0.29, 0.717) is 13.1 Å². The molecule has 0 aliphatic rings. The molecule has 1 heterocycles. The van der Waals surface area contributed by atoms with Crippen molar-refractivity contribution in [2.45, 2.75) is 39.8 Å². The van der Waals surface area contributed by atoms with E-state index in [1.807, 2.05) is 30.5 Å². The van der Waals surface area contributed by atoms with Crippen LogP contribution >= 0.6 is 0 Å². The van der Waals surface area contributed by atoms with E-state index in [4.69, 9.17) is 0 Å². The average molecular weight is 411 g/mol. The van der Waals surface area contributed by atoms with Gasteiger partial charge in [-0.25, -0.2) is 13.6 Å². The number of nitrogens with zero attached hydrogens (tertiary/aromatic N) is 2. The largest absolute Gasteiger partial charge is 0.345 e. The minimum absolute atomic E-state index is 0.232. The van der Waals surface area contributed by atoms with E-state index in [1.165, 1.54) is 17.2 Å². The van der Waals surface area contributed by atoms with Crippen LogP contribution in [0.2, 0.25) is 0 Å². The summed E-state index contributed by atoms with van der Waals surface area (Å²) in [4.78, 5) is 14.6. The molecule has 158 valence electrons. The maximum Gasteiger partial charge on any atom is 0.322 e. The normalized spacial score (nSPS) is 10.8. The summed E-state index contributed by atoms with van der Waals surface area (Å²) < 4.78 is 28.8. The molecule has 0 aliphatic carbocycles. The molecule has 0 aliphatic heterocycles. The van der Waals surface area contributed by atoms with E-state index in [1.54, 1.807) is 4.90 Å². The number of urea groups is 1. The number of nitrogens with one attached hydrogen (secondary N) is 1. The first-order chi connectivity index (χ1) is 14.5. The number of halogens is 2. The number of carbonyl (C=O) groups excluding carboxylic acids is 1. The molecule has 1 aromatic heterocycles. The van der Waals surface area contributed by atoms with Crippen molar-refractivity contribution in [3.63, 3.8) is 0 Å². The Bertz CT molecular complexity index is 1000. The van der Waals surface area contributed by atoms with E-state index in [2.05, 4.69) is 35.9 Å². The Balaban J connectivity index is 1.75. The summed E-state index contributed by atoms with van der Waals surface area (Å²) in [7, 11) is 0. The van der Waals surface area contributed by atoms with Gasteiger partial charge in [0, 0.05) is 36.7 Å². The number of unbranched alkanes of at least 4 members (excludes halogenated alkanes) is 1. The van der Waals surface area contributed by atoms with E-state index < -0.39 is 11.6 Å². The van der Waals surface area contributed by atoms with Crippen LogP contribution in [0.1, 0.15) is 36.6 Å². The Hall–Kier alpha value is -3.15. The van der Waals surface area contributed by atoms with Crippen LogP contribution in [0.4, 0.5) is 19.3 Å². The highest BCUT2D eigenvalue weighted by Gasteiger charge is 2.16. The maximum atomic E-state index is 13.5. The number of aromatic nitrogens is 1. The van der Waals surface area contributed by atoms with E-state index >= 15 is 0 Å².